The summed E-state index contributed by atoms with van der Waals surface area (Å²) in [4.78, 5) is 13.6. The molecule has 4 nitrogen and oxygen atoms in total. The maximum absolute atomic E-state index is 11.8. The zero-order valence-corrected chi connectivity index (χ0v) is 9.99. The molecule has 2 heterocycles. The summed E-state index contributed by atoms with van der Waals surface area (Å²) < 4.78 is 0. The Balaban J connectivity index is 2.33. The Bertz CT molecular complexity index is 297. The lowest BCUT2D eigenvalue weighted by Gasteiger charge is -2.41. The number of rotatable bonds is 1. The third-order valence-corrected chi connectivity index (χ3v) is 4.20. The monoisotopic (exact) mass is 227 g/mol. The summed E-state index contributed by atoms with van der Waals surface area (Å²) in [5.41, 5.74) is -0.323. The van der Waals surface area contributed by atoms with E-state index in [9.17, 15) is 4.79 Å². The number of nitrogens with one attached hydrogen (secondary N) is 2. The minimum Gasteiger partial charge on any atom is -0.309 e. The molecule has 5 heteroatoms. The average Bonchev–Trinajstić information content (AvgIpc) is 2.39. The number of amides is 2. The number of nitrogens with zero attached hydrogens (tertiary/aromatic N) is 1. The first kappa shape index (κ1) is 10.8. The van der Waals surface area contributed by atoms with Gasteiger partial charge < -0.3 is 4.90 Å². The molecule has 0 aromatic heterocycles. The van der Waals surface area contributed by atoms with Crippen molar-refractivity contribution in [2.75, 3.05) is 11.5 Å². The van der Waals surface area contributed by atoms with Crippen LogP contribution in [0.3, 0.4) is 0 Å². The van der Waals surface area contributed by atoms with Crippen LogP contribution in [0.4, 0.5) is 4.79 Å². The number of carbonyl (C=O) groups excluding carboxylic acids is 1. The largest absolute Gasteiger partial charge is 0.323 e. The van der Waals surface area contributed by atoms with Gasteiger partial charge in [0.15, 0.2) is 0 Å². The van der Waals surface area contributed by atoms with Gasteiger partial charge in [-0.15, -0.1) is 0 Å². The van der Waals surface area contributed by atoms with Crippen LogP contribution in [0.25, 0.3) is 0 Å². The van der Waals surface area contributed by atoms with Gasteiger partial charge in [-0.1, -0.05) is 0 Å². The van der Waals surface area contributed by atoms with Crippen LogP contribution in [0.2, 0.25) is 0 Å². The third-order valence-electron chi connectivity index (χ3n) is 3.21. The fourth-order valence-corrected chi connectivity index (χ4v) is 3.70. The predicted molar refractivity (Wildman–Crippen MR) is 62.5 cm³/mol. The molecule has 1 spiro atoms. The Hall–Kier alpha value is -0.710. The lowest BCUT2D eigenvalue weighted by molar-refractivity contribution is 0.143. The van der Waals surface area contributed by atoms with Gasteiger partial charge >= 0.3 is 6.03 Å². The molecule has 0 unspecified atom stereocenters. The summed E-state index contributed by atoms with van der Waals surface area (Å²) in [6.45, 7) is 4.03. The molecule has 0 saturated carbocycles. The minimum absolute atomic E-state index is 0.0955. The molecular formula is C10H17N3OS. The number of thioether (sulfide) groups is 1. The fourth-order valence-electron chi connectivity index (χ4n) is 2.53. The van der Waals surface area contributed by atoms with Crippen LogP contribution < -0.4 is 5.32 Å². The summed E-state index contributed by atoms with van der Waals surface area (Å²) in [7, 11) is 0. The van der Waals surface area contributed by atoms with E-state index in [1.54, 1.807) is 0 Å². The molecule has 15 heavy (non-hydrogen) atoms. The smallest absolute Gasteiger partial charge is 0.309 e. The molecule has 0 aromatic rings. The van der Waals surface area contributed by atoms with Crippen LogP contribution in [-0.2, 0) is 0 Å². The van der Waals surface area contributed by atoms with Gasteiger partial charge in [-0.05, 0) is 38.2 Å². The van der Waals surface area contributed by atoms with Crippen LogP contribution in [0.15, 0.2) is 0 Å². The summed E-state index contributed by atoms with van der Waals surface area (Å²) in [6, 6.07) is 0.0675. The van der Waals surface area contributed by atoms with Crippen molar-refractivity contribution in [1.82, 2.24) is 10.2 Å². The maximum Gasteiger partial charge on any atom is 0.323 e. The summed E-state index contributed by atoms with van der Waals surface area (Å²) in [5.74, 6) is 2.49. The van der Waals surface area contributed by atoms with Crippen LogP contribution in [0.5, 0.6) is 0 Å². The highest BCUT2D eigenvalue weighted by molar-refractivity contribution is 7.99. The number of amidine groups is 1. The van der Waals surface area contributed by atoms with E-state index in [1.165, 1.54) is 0 Å². The van der Waals surface area contributed by atoms with Gasteiger partial charge in [0.2, 0.25) is 0 Å². The van der Waals surface area contributed by atoms with Crippen molar-refractivity contribution in [2.24, 2.45) is 0 Å². The van der Waals surface area contributed by atoms with Crippen LogP contribution in [-0.4, -0.2) is 39.9 Å². The molecule has 2 amide bonds. The Kier molecular flexibility index (Phi) is 2.66. The van der Waals surface area contributed by atoms with Gasteiger partial charge in [-0.25, -0.2) is 4.79 Å². The summed E-state index contributed by atoms with van der Waals surface area (Å²) in [5, 5.41) is 10.6. The Labute approximate surface area is 94.3 Å². The second kappa shape index (κ2) is 3.70. The molecule has 0 atom stereocenters. The molecule has 0 bridgehead atoms. The van der Waals surface area contributed by atoms with Crippen molar-refractivity contribution < 1.29 is 4.79 Å². The van der Waals surface area contributed by atoms with E-state index < -0.39 is 0 Å². The molecular weight excluding hydrogens is 210 g/mol. The van der Waals surface area contributed by atoms with Crippen molar-refractivity contribution in [2.45, 2.75) is 38.3 Å². The SMILES string of the molecule is CC(C)N1C(=O)NC(=N)C12CCSCC2. The second-order valence-electron chi connectivity index (χ2n) is 4.41. The lowest BCUT2D eigenvalue weighted by Crippen LogP contribution is -2.54. The minimum atomic E-state index is -0.323. The molecule has 2 N–H and O–H groups in total. The second-order valence-corrected chi connectivity index (χ2v) is 5.64. The van der Waals surface area contributed by atoms with Crippen LogP contribution in [0.1, 0.15) is 26.7 Å². The number of urea groups is 1. The first-order chi connectivity index (χ1) is 7.08. The van der Waals surface area contributed by atoms with Gasteiger partial charge in [0.25, 0.3) is 0 Å². The standard InChI is InChI=1S/C10H17N3OS/c1-7(2)13-9(14)12-8(11)10(13)3-5-15-6-4-10/h7H,3-6H2,1-2H3,(H2,11,12,14). The van der Waals surface area contributed by atoms with Crippen molar-refractivity contribution in [3.63, 3.8) is 0 Å². The normalized spacial score (nSPS) is 25.1. The maximum atomic E-state index is 11.8. The molecule has 2 aliphatic rings. The zero-order valence-electron chi connectivity index (χ0n) is 9.17. The first-order valence-corrected chi connectivity index (χ1v) is 6.50. The van der Waals surface area contributed by atoms with Crippen molar-refractivity contribution in [3.05, 3.63) is 0 Å². The van der Waals surface area contributed by atoms with Gasteiger partial charge in [0, 0.05) is 6.04 Å². The number of carbonyl (C=O) groups is 1. The van der Waals surface area contributed by atoms with E-state index in [1.807, 2.05) is 30.5 Å². The summed E-state index contributed by atoms with van der Waals surface area (Å²) >= 11 is 1.91. The Morgan fingerprint density at radius 3 is 2.60 bits per heavy atom. The van der Waals surface area contributed by atoms with Gasteiger partial charge in [0.1, 0.15) is 11.4 Å². The summed E-state index contributed by atoms with van der Waals surface area (Å²) in [6.07, 6.45) is 1.82. The number of hydrogen-bond acceptors (Lipinski definition) is 3. The third kappa shape index (κ3) is 1.53. The predicted octanol–water partition coefficient (Wildman–Crippen LogP) is 1.66. The molecule has 0 radical (unpaired) electrons. The molecule has 2 aliphatic heterocycles. The lowest BCUT2D eigenvalue weighted by atomic mass is 9.89. The zero-order chi connectivity index (χ0) is 11.1. The highest BCUT2D eigenvalue weighted by atomic mass is 32.2. The van der Waals surface area contributed by atoms with E-state index in [4.69, 9.17) is 5.41 Å². The topological polar surface area (TPSA) is 56.2 Å². The van der Waals surface area contributed by atoms with E-state index in [2.05, 4.69) is 5.32 Å². The van der Waals surface area contributed by atoms with Crippen molar-refractivity contribution in [3.8, 4) is 0 Å². The first-order valence-electron chi connectivity index (χ1n) is 5.35. The molecule has 0 aliphatic carbocycles. The van der Waals surface area contributed by atoms with E-state index in [0.717, 1.165) is 24.3 Å². The van der Waals surface area contributed by atoms with Crippen molar-refractivity contribution >= 4 is 23.6 Å². The highest BCUT2D eigenvalue weighted by Crippen LogP contribution is 2.37. The van der Waals surface area contributed by atoms with E-state index in [-0.39, 0.29) is 17.6 Å². The van der Waals surface area contributed by atoms with Gasteiger partial charge in [-0.3, -0.25) is 10.7 Å². The van der Waals surface area contributed by atoms with Gasteiger partial charge in [-0.2, -0.15) is 11.8 Å². The van der Waals surface area contributed by atoms with Crippen LogP contribution >= 0.6 is 11.8 Å². The average molecular weight is 227 g/mol. The fraction of sp³-hybridized carbons (Fsp3) is 0.800. The molecule has 2 fully saturated rings. The highest BCUT2D eigenvalue weighted by Gasteiger charge is 2.51. The van der Waals surface area contributed by atoms with E-state index in [0.29, 0.717) is 5.84 Å². The molecule has 84 valence electrons. The van der Waals surface area contributed by atoms with Gasteiger partial charge in [0.05, 0.1) is 0 Å². The Morgan fingerprint density at radius 2 is 2.07 bits per heavy atom. The number of hydrogen-bond donors (Lipinski definition) is 2. The Morgan fingerprint density at radius 1 is 1.47 bits per heavy atom. The van der Waals surface area contributed by atoms with E-state index >= 15 is 0 Å². The molecule has 2 rings (SSSR count). The molecule has 2 saturated heterocycles. The quantitative estimate of drug-likeness (QED) is 0.716. The van der Waals surface area contributed by atoms with Crippen molar-refractivity contribution in [1.29, 1.82) is 5.41 Å². The van der Waals surface area contributed by atoms with Crippen LogP contribution in [0, 0.1) is 5.41 Å². The molecule has 0 aromatic carbocycles.